The Hall–Kier alpha value is -1.09. The maximum Gasteiger partial charge on any atom is 0.165 e. The standard InChI is InChI=1S/C12H16FNO/c1-8-2-3-10(13)11(15)9(8)4-5-12(14)6-7-12/h2-3,15H,4-7,14H2,1H3. The maximum atomic E-state index is 13.1. The van der Waals surface area contributed by atoms with Gasteiger partial charge in [0.25, 0.3) is 0 Å². The summed E-state index contributed by atoms with van der Waals surface area (Å²) in [4.78, 5) is 0. The largest absolute Gasteiger partial charge is 0.505 e. The number of halogens is 1. The molecule has 0 aromatic heterocycles. The smallest absolute Gasteiger partial charge is 0.165 e. The second-order valence-corrected chi connectivity index (χ2v) is 4.55. The van der Waals surface area contributed by atoms with Crippen molar-refractivity contribution < 1.29 is 9.50 Å². The first-order valence-electron chi connectivity index (χ1n) is 5.28. The van der Waals surface area contributed by atoms with Crippen LogP contribution in [0.1, 0.15) is 30.4 Å². The first kappa shape index (κ1) is 10.4. The van der Waals surface area contributed by atoms with Gasteiger partial charge < -0.3 is 10.8 Å². The van der Waals surface area contributed by atoms with E-state index in [0.29, 0.717) is 12.0 Å². The number of aromatic hydroxyl groups is 1. The molecule has 0 heterocycles. The fraction of sp³-hybridized carbons (Fsp3) is 0.500. The van der Waals surface area contributed by atoms with E-state index in [1.54, 1.807) is 6.07 Å². The number of phenols is 1. The summed E-state index contributed by atoms with van der Waals surface area (Å²) in [6.07, 6.45) is 3.57. The summed E-state index contributed by atoms with van der Waals surface area (Å²) in [5.41, 5.74) is 7.54. The van der Waals surface area contributed by atoms with Gasteiger partial charge in [0, 0.05) is 5.54 Å². The monoisotopic (exact) mass is 209 g/mol. The molecule has 1 saturated carbocycles. The van der Waals surface area contributed by atoms with Gasteiger partial charge in [-0.2, -0.15) is 0 Å². The minimum Gasteiger partial charge on any atom is -0.505 e. The van der Waals surface area contributed by atoms with E-state index in [0.717, 1.165) is 24.8 Å². The molecule has 1 aromatic rings. The Morgan fingerprint density at radius 2 is 2.13 bits per heavy atom. The number of rotatable bonds is 3. The average Bonchev–Trinajstić information content (AvgIpc) is 2.91. The van der Waals surface area contributed by atoms with Crippen molar-refractivity contribution in [1.29, 1.82) is 0 Å². The van der Waals surface area contributed by atoms with Crippen molar-refractivity contribution in [3.05, 3.63) is 29.1 Å². The van der Waals surface area contributed by atoms with E-state index in [-0.39, 0.29) is 11.3 Å². The van der Waals surface area contributed by atoms with Crippen LogP contribution in [0.2, 0.25) is 0 Å². The molecule has 2 rings (SSSR count). The van der Waals surface area contributed by atoms with Gasteiger partial charge in [0.15, 0.2) is 11.6 Å². The normalized spacial score (nSPS) is 17.8. The van der Waals surface area contributed by atoms with Crippen molar-refractivity contribution in [2.75, 3.05) is 0 Å². The predicted molar refractivity (Wildman–Crippen MR) is 57.3 cm³/mol. The van der Waals surface area contributed by atoms with Crippen LogP contribution in [-0.4, -0.2) is 10.6 Å². The molecule has 0 radical (unpaired) electrons. The van der Waals surface area contributed by atoms with Crippen LogP contribution in [-0.2, 0) is 6.42 Å². The first-order chi connectivity index (χ1) is 7.02. The SMILES string of the molecule is Cc1ccc(F)c(O)c1CCC1(N)CC1. The zero-order chi connectivity index (χ0) is 11.1. The summed E-state index contributed by atoms with van der Waals surface area (Å²) >= 11 is 0. The molecule has 0 bridgehead atoms. The Kier molecular flexibility index (Phi) is 2.43. The molecule has 0 unspecified atom stereocenters. The lowest BCUT2D eigenvalue weighted by molar-refractivity contribution is 0.422. The third kappa shape index (κ3) is 2.12. The summed E-state index contributed by atoms with van der Waals surface area (Å²) in [7, 11) is 0. The van der Waals surface area contributed by atoms with Crippen LogP contribution in [0, 0.1) is 12.7 Å². The number of aryl methyl sites for hydroxylation is 1. The highest BCUT2D eigenvalue weighted by Crippen LogP contribution is 2.38. The first-order valence-corrected chi connectivity index (χ1v) is 5.28. The Labute approximate surface area is 88.9 Å². The molecule has 0 amide bonds. The van der Waals surface area contributed by atoms with Crippen LogP contribution in [0.4, 0.5) is 4.39 Å². The van der Waals surface area contributed by atoms with Gasteiger partial charge in [-0.1, -0.05) is 6.07 Å². The zero-order valence-corrected chi connectivity index (χ0v) is 8.89. The van der Waals surface area contributed by atoms with Crippen LogP contribution in [0.25, 0.3) is 0 Å². The van der Waals surface area contributed by atoms with E-state index in [9.17, 15) is 9.50 Å². The van der Waals surface area contributed by atoms with Crippen LogP contribution in [0.15, 0.2) is 12.1 Å². The van der Waals surface area contributed by atoms with Crippen LogP contribution in [0.3, 0.4) is 0 Å². The van der Waals surface area contributed by atoms with Gasteiger partial charge in [0.05, 0.1) is 0 Å². The molecule has 3 heteroatoms. The second-order valence-electron chi connectivity index (χ2n) is 4.55. The Balaban J connectivity index is 2.16. The topological polar surface area (TPSA) is 46.2 Å². The maximum absolute atomic E-state index is 13.1. The van der Waals surface area contributed by atoms with Crippen molar-refractivity contribution in [2.45, 2.75) is 38.1 Å². The van der Waals surface area contributed by atoms with Crippen LogP contribution in [0.5, 0.6) is 5.75 Å². The summed E-state index contributed by atoms with van der Waals surface area (Å²) in [6.45, 7) is 1.88. The van der Waals surface area contributed by atoms with Crippen molar-refractivity contribution in [1.82, 2.24) is 0 Å². The number of phenolic OH excluding ortho intramolecular Hbond substituents is 1. The molecule has 0 saturated heterocycles. The van der Waals surface area contributed by atoms with Gasteiger partial charge in [-0.25, -0.2) is 4.39 Å². The zero-order valence-electron chi connectivity index (χ0n) is 8.89. The van der Waals surface area contributed by atoms with Crippen LogP contribution >= 0.6 is 0 Å². The van der Waals surface area contributed by atoms with Gasteiger partial charge in [-0.15, -0.1) is 0 Å². The van der Waals surface area contributed by atoms with E-state index < -0.39 is 5.82 Å². The van der Waals surface area contributed by atoms with Crippen molar-refractivity contribution in [3.8, 4) is 5.75 Å². The van der Waals surface area contributed by atoms with Crippen molar-refractivity contribution in [3.63, 3.8) is 0 Å². The highest BCUT2D eigenvalue weighted by atomic mass is 19.1. The third-order valence-corrected chi connectivity index (χ3v) is 3.23. The fourth-order valence-corrected chi connectivity index (χ4v) is 1.81. The molecular weight excluding hydrogens is 193 g/mol. The van der Waals surface area contributed by atoms with E-state index in [1.807, 2.05) is 6.92 Å². The van der Waals surface area contributed by atoms with Gasteiger partial charge >= 0.3 is 0 Å². The lowest BCUT2D eigenvalue weighted by Gasteiger charge is -2.12. The summed E-state index contributed by atoms with van der Waals surface area (Å²) < 4.78 is 13.1. The quantitative estimate of drug-likeness (QED) is 0.802. The Morgan fingerprint density at radius 3 is 2.73 bits per heavy atom. The minimum absolute atomic E-state index is 0.0504. The number of hydrogen-bond donors (Lipinski definition) is 2. The van der Waals surface area contributed by atoms with Crippen LogP contribution < -0.4 is 5.73 Å². The predicted octanol–water partition coefficient (Wildman–Crippen LogP) is 2.26. The highest BCUT2D eigenvalue weighted by Gasteiger charge is 2.37. The molecule has 1 aliphatic carbocycles. The summed E-state index contributed by atoms with van der Waals surface area (Å²) in [6, 6.07) is 2.99. The average molecular weight is 209 g/mol. The Bertz CT molecular complexity index is 385. The molecular formula is C12H16FNO. The Morgan fingerprint density at radius 1 is 1.47 bits per heavy atom. The molecule has 82 valence electrons. The molecule has 0 aliphatic heterocycles. The van der Waals surface area contributed by atoms with E-state index in [4.69, 9.17) is 5.73 Å². The molecule has 0 spiro atoms. The van der Waals surface area contributed by atoms with Gasteiger partial charge in [0.1, 0.15) is 0 Å². The summed E-state index contributed by atoms with van der Waals surface area (Å²) in [5, 5.41) is 9.58. The van der Waals surface area contributed by atoms with Crippen molar-refractivity contribution in [2.24, 2.45) is 5.73 Å². The molecule has 1 aliphatic rings. The van der Waals surface area contributed by atoms with E-state index >= 15 is 0 Å². The number of nitrogens with two attached hydrogens (primary N) is 1. The lowest BCUT2D eigenvalue weighted by Crippen LogP contribution is -2.22. The van der Waals surface area contributed by atoms with Crippen molar-refractivity contribution >= 4 is 0 Å². The third-order valence-electron chi connectivity index (χ3n) is 3.23. The molecule has 1 fully saturated rings. The van der Waals surface area contributed by atoms with E-state index in [1.165, 1.54) is 6.07 Å². The fourth-order valence-electron chi connectivity index (χ4n) is 1.81. The van der Waals surface area contributed by atoms with Gasteiger partial charge in [-0.3, -0.25) is 0 Å². The molecule has 15 heavy (non-hydrogen) atoms. The van der Waals surface area contributed by atoms with Gasteiger partial charge in [-0.05, 0) is 49.8 Å². The van der Waals surface area contributed by atoms with E-state index in [2.05, 4.69) is 0 Å². The van der Waals surface area contributed by atoms with Gasteiger partial charge in [0.2, 0.25) is 0 Å². The molecule has 1 aromatic carbocycles. The molecule has 0 atom stereocenters. The number of hydrogen-bond acceptors (Lipinski definition) is 2. The lowest BCUT2D eigenvalue weighted by atomic mass is 9.99. The number of benzene rings is 1. The molecule has 2 nitrogen and oxygen atoms in total. The highest BCUT2D eigenvalue weighted by molar-refractivity contribution is 5.40. The summed E-state index contributed by atoms with van der Waals surface area (Å²) in [5.74, 6) is -0.753. The second kappa shape index (κ2) is 3.49. The molecule has 3 N–H and O–H groups in total. The minimum atomic E-state index is -0.544.